The third-order valence-electron chi connectivity index (χ3n) is 3.94. The van der Waals surface area contributed by atoms with E-state index >= 15 is 0 Å². The first-order valence-electron chi connectivity index (χ1n) is 8.51. The molecule has 14 heteroatoms. The van der Waals surface area contributed by atoms with Gasteiger partial charge in [0.15, 0.2) is 0 Å². The van der Waals surface area contributed by atoms with Crippen molar-refractivity contribution in [2.75, 3.05) is 10.7 Å². The Morgan fingerprint density at radius 1 is 1.03 bits per heavy atom. The van der Waals surface area contributed by atoms with E-state index in [0.29, 0.717) is 11.1 Å². The van der Waals surface area contributed by atoms with E-state index in [4.69, 9.17) is 23.2 Å². The predicted molar refractivity (Wildman–Crippen MR) is 111 cm³/mol. The van der Waals surface area contributed by atoms with Crippen molar-refractivity contribution in [1.82, 2.24) is 15.4 Å². The third kappa shape index (κ3) is 5.34. The van der Waals surface area contributed by atoms with Crippen LogP contribution in [0.1, 0.15) is 15.9 Å². The molecule has 9 nitrogen and oxygen atoms in total. The van der Waals surface area contributed by atoms with Gasteiger partial charge in [-0.3, -0.25) is 25.8 Å². The first-order valence-corrected chi connectivity index (χ1v) is 9.27. The average molecular weight is 487 g/mol. The van der Waals surface area contributed by atoms with Crippen LogP contribution in [-0.2, 0) is 6.18 Å². The van der Waals surface area contributed by atoms with Gasteiger partial charge in [0, 0.05) is 16.3 Å². The van der Waals surface area contributed by atoms with Gasteiger partial charge in [0.05, 0.1) is 15.5 Å². The van der Waals surface area contributed by atoms with Gasteiger partial charge in [-0.25, -0.2) is 9.97 Å². The van der Waals surface area contributed by atoms with Gasteiger partial charge in [-0.1, -0.05) is 23.2 Å². The SMILES string of the molecule is O=C(NNc1ncnc(Nc2ccc(Cl)c(C(F)(F)F)c2)c1[N+](=O)[O-])c1ccc(Cl)cc1. The van der Waals surface area contributed by atoms with Crippen molar-refractivity contribution in [1.29, 1.82) is 0 Å². The maximum absolute atomic E-state index is 13.1. The van der Waals surface area contributed by atoms with Gasteiger partial charge in [0.25, 0.3) is 5.91 Å². The van der Waals surface area contributed by atoms with Crippen LogP contribution in [0.4, 0.5) is 36.2 Å². The van der Waals surface area contributed by atoms with Crippen LogP contribution < -0.4 is 16.2 Å². The number of nitro groups is 1. The van der Waals surface area contributed by atoms with Crippen LogP contribution in [0.2, 0.25) is 10.0 Å². The van der Waals surface area contributed by atoms with E-state index < -0.39 is 44.9 Å². The van der Waals surface area contributed by atoms with Crippen LogP contribution in [0.15, 0.2) is 48.8 Å². The van der Waals surface area contributed by atoms with Crippen molar-refractivity contribution in [3.63, 3.8) is 0 Å². The van der Waals surface area contributed by atoms with E-state index in [1.54, 1.807) is 0 Å². The molecular weight excluding hydrogens is 476 g/mol. The number of hydrogen-bond donors (Lipinski definition) is 3. The lowest BCUT2D eigenvalue weighted by Gasteiger charge is -2.13. The number of nitrogens with one attached hydrogen (secondary N) is 3. The highest BCUT2D eigenvalue weighted by Crippen LogP contribution is 2.37. The van der Waals surface area contributed by atoms with Gasteiger partial charge in [-0.2, -0.15) is 13.2 Å². The van der Waals surface area contributed by atoms with E-state index in [0.717, 1.165) is 12.4 Å². The lowest BCUT2D eigenvalue weighted by atomic mass is 10.2. The Morgan fingerprint density at radius 3 is 2.31 bits per heavy atom. The standard InChI is InChI=1S/C18H11Cl2F3N6O3/c19-10-3-1-9(2-4-10)17(30)28-27-16-14(29(31)32)15(24-8-25-16)26-11-5-6-13(20)12(7-11)18(21,22)23/h1-8H,(H,28,30)(H2,24,25,26,27). The van der Waals surface area contributed by atoms with Gasteiger partial charge in [-0.05, 0) is 42.5 Å². The summed E-state index contributed by atoms with van der Waals surface area (Å²) in [6.07, 6.45) is -3.81. The molecule has 0 saturated heterocycles. The quantitative estimate of drug-likeness (QED) is 0.322. The molecule has 0 saturated carbocycles. The van der Waals surface area contributed by atoms with Crippen LogP contribution in [0, 0.1) is 10.1 Å². The smallest absolute Gasteiger partial charge is 0.334 e. The van der Waals surface area contributed by atoms with E-state index in [2.05, 4.69) is 26.1 Å². The molecule has 0 atom stereocenters. The van der Waals surface area contributed by atoms with Gasteiger partial charge in [0.2, 0.25) is 11.6 Å². The van der Waals surface area contributed by atoms with E-state index in [-0.39, 0.29) is 11.3 Å². The summed E-state index contributed by atoms with van der Waals surface area (Å²) in [5, 5.41) is 13.9. The fourth-order valence-corrected chi connectivity index (χ4v) is 2.83. The van der Waals surface area contributed by atoms with Gasteiger partial charge in [0.1, 0.15) is 6.33 Å². The molecule has 1 heterocycles. The number of hydrazine groups is 1. The third-order valence-corrected chi connectivity index (χ3v) is 4.52. The fourth-order valence-electron chi connectivity index (χ4n) is 2.48. The van der Waals surface area contributed by atoms with Crippen LogP contribution in [0.5, 0.6) is 0 Å². The number of hydrogen-bond acceptors (Lipinski definition) is 7. The minimum Gasteiger partial charge on any atom is -0.334 e. The van der Waals surface area contributed by atoms with Gasteiger partial charge >= 0.3 is 11.9 Å². The maximum Gasteiger partial charge on any atom is 0.417 e. The Hall–Kier alpha value is -3.64. The van der Waals surface area contributed by atoms with Crippen LogP contribution in [0.3, 0.4) is 0 Å². The summed E-state index contributed by atoms with van der Waals surface area (Å²) in [6, 6.07) is 8.69. The second-order valence-corrected chi connectivity index (χ2v) is 6.92. The molecule has 0 aliphatic heterocycles. The van der Waals surface area contributed by atoms with E-state index in [9.17, 15) is 28.1 Å². The number of anilines is 3. The predicted octanol–water partition coefficient (Wildman–Crippen LogP) is 5.21. The molecule has 3 aromatic rings. The highest BCUT2D eigenvalue weighted by Gasteiger charge is 2.33. The number of nitrogens with zero attached hydrogens (tertiary/aromatic N) is 3. The zero-order chi connectivity index (χ0) is 23.5. The molecule has 0 fully saturated rings. The highest BCUT2D eigenvalue weighted by atomic mass is 35.5. The summed E-state index contributed by atoms with van der Waals surface area (Å²) in [7, 11) is 0. The fraction of sp³-hybridized carbons (Fsp3) is 0.0556. The van der Waals surface area contributed by atoms with Crippen molar-refractivity contribution >= 4 is 52.1 Å². The molecule has 0 spiro atoms. The molecule has 2 aromatic carbocycles. The maximum atomic E-state index is 13.1. The average Bonchev–Trinajstić information content (AvgIpc) is 2.73. The molecule has 0 bridgehead atoms. The summed E-state index contributed by atoms with van der Waals surface area (Å²) in [5.74, 6) is -1.46. The van der Waals surface area contributed by atoms with E-state index in [1.165, 1.54) is 30.3 Å². The monoisotopic (exact) mass is 486 g/mol. The Morgan fingerprint density at radius 2 is 1.69 bits per heavy atom. The minimum atomic E-state index is -4.73. The Kier molecular flexibility index (Phi) is 6.65. The summed E-state index contributed by atoms with van der Waals surface area (Å²) in [4.78, 5) is 30.3. The molecule has 0 radical (unpaired) electrons. The Labute approximate surface area is 187 Å². The summed E-state index contributed by atoms with van der Waals surface area (Å²) < 4.78 is 39.2. The number of halogens is 5. The van der Waals surface area contributed by atoms with Crippen molar-refractivity contribution in [2.24, 2.45) is 0 Å². The van der Waals surface area contributed by atoms with Crippen LogP contribution in [0.25, 0.3) is 0 Å². The molecule has 166 valence electrons. The molecule has 0 aliphatic carbocycles. The first-order chi connectivity index (χ1) is 15.1. The zero-order valence-electron chi connectivity index (χ0n) is 15.6. The Balaban J connectivity index is 1.86. The topological polar surface area (TPSA) is 122 Å². The van der Waals surface area contributed by atoms with Crippen molar-refractivity contribution in [3.8, 4) is 0 Å². The number of benzene rings is 2. The number of aromatic nitrogens is 2. The molecule has 3 rings (SSSR count). The van der Waals surface area contributed by atoms with Gasteiger partial charge < -0.3 is 5.32 Å². The molecule has 3 N–H and O–H groups in total. The largest absolute Gasteiger partial charge is 0.417 e. The van der Waals surface area contributed by atoms with Gasteiger partial charge in [-0.15, -0.1) is 0 Å². The molecule has 32 heavy (non-hydrogen) atoms. The molecular formula is C18H11Cl2F3N6O3. The highest BCUT2D eigenvalue weighted by molar-refractivity contribution is 6.31. The number of carbonyl (C=O) groups is 1. The summed E-state index contributed by atoms with van der Waals surface area (Å²) in [6.45, 7) is 0. The molecule has 0 unspecified atom stereocenters. The first kappa shape index (κ1) is 23.0. The number of carbonyl (C=O) groups excluding carboxylic acids is 1. The van der Waals surface area contributed by atoms with Crippen LogP contribution in [-0.4, -0.2) is 20.8 Å². The van der Waals surface area contributed by atoms with Crippen molar-refractivity contribution in [2.45, 2.75) is 6.18 Å². The van der Waals surface area contributed by atoms with E-state index in [1.807, 2.05) is 0 Å². The lowest BCUT2D eigenvalue weighted by Crippen LogP contribution is -2.30. The molecule has 0 aliphatic rings. The molecule has 1 amide bonds. The second kappa shape index (κ2) is 9.24. The minimum absolute atomic E-state index is 0.153. The Bertz CT molecular complexity index is 1180. The lowest BCUT2D eigenvalue weighted by molar-refractivity contribution is -0.383. The number of rotatable bonds is 6. The summed E-state index contributed by atoms with van der Waals surface area (Å²) >= 11 is 11.3. The number of amides is 1. The normalized spacial score (nSPS) is 11.0. The number of alkyl halides is 3. The zero-order valence-corrected chi connectivity index (χ0v) is 17.1. The van der Waals surface area contributed by atoms with Crippen LogP contribution >= 0.6 is 23.2 Å². The second-order valence-electron chi connectivity index (χ2n) is 6.08. The van der Waals surface area contributed by atoms with Crippen molar-refractivity contribution in [3.05, 3.63) is 80.1 Å². The molecule has 1 aromatic heterocycles. The summed E-state index contributed by atoms with van der Waals surface area (Å²) in [5.41, 5.74) is 2.76. The van der Waals surface area contributed by atoms with Crippen molar-refractivity contribution < 1.29 is 22.9 Å².